The molecule has 0 spiro atoms. The first-order valence-corrected chi connectivity index (χ1v) is 7.24. The maximum atomic E-state index is 12.1. The number of carbonyl (C=O) groups is 1. The van der Waals surface area contributed by atoms with Gasteiger partial charge in [0, 0.05) is 16.1 Å². The number of amides is 1. The van der Waals surface area contributed by atoms with Crippen molar-refractivity contribution in [2.24, 2.45) is 5.10 Å². The van der Waals surface area contributed by atoms with Crippen LogP contribution in [0.3, 0.4) is 0 Å². The Kier molecular flexibility index (Phi) is 5.06. The van der Waals surface area contributed by atoms with Crippen LogP contribution in [0.1, 0.15) is 28.4 Å². The number of halogens is 2. The molecule has 4 nitrogen and oxygen atoms in total. The minimum atomic E-state index is -0.329. The van der Waals surface area contributed by atoms with E-state index in [1.807, 2.05) is 19.1 Å². The topological polar surface area (TPSA) is 61.7 Å². The Labute approximate surface area is 138 Å². The van der Waals surface area contributed by atoms with Gasteiger partial charge >= 0.3 is 0 Å². The highest BCUT2D eigenvalue weighted by atomic mass is 35.5. The third-order valence-electron chi connectivity index (χ3n) is 3.13. The van der Waals surface area contributed by atoms with Crippen LogP contribution in [-0.2, 0) is 0 Å². The monoisotopic (exact) mass is 336 g/mol. The fourth-order valence-corrected chi connectivity index (χ4v) is 2.42. The minimum absolute atomic E-state index is 0.127. The van der Waals surface area contributed by atoms with E-state index in [0.29, 0.717) is 21.9 Å². The molecule has 22 heavy (non-hydrogen) atoms. The van der Waals surface area contributed by atoms with Crippen LogP contribution in [0.25, 0.3) is 0 Å². The zero-order valence-corrected chi connectivity index (χ0v) is 13.5. The lowest BCUT2D eigenvalue weighted by atomic mass is 10.1. The molecule has 2 aromatic rings. The van der Waals surface area contributed by atoms with Crippen LogP contribution in [0.15, 0.2) is 41.5 Å². The third-order valence-corrected chi connectivity index (χ3v) is 3.64. The first-order valence-electron chi connectivity index (χ1n) is 6.48. The normalized spacial score (nSPS) is 11.4. The summed E-state index contributed by atoms with van der Waals surface area (Å²) in [6, 6.07) is 10.1. The molecular formula is C16H14Cl2N2O2. The molecule has 1 amide bonds. The second-order valence-electron chi connectivity index (χ2n) is 4.74. The van der Waals surface area contributed by atoms with Gasteiger partial charge in [-0.3, -0.25) is 4.79 Å². The number of hydrogen-bond donors (Lipinski definition) is 2. The summed E-state index contributed by atoms with van der Waals surface area (Å²) in [7, 11) is 0. The number of phenols is 1. The van der Waals surface area contributed by atoms with E-state index in [1.165, 1.54) is 12.1 Å². The molecule has 0 aliphatic carbocycles. The second-order valence-corrected chi connectivity index (χ2v) is 5.58. The van der Waals surface area contributed by atoms with Gasteiger partial charge in [-0.2, -0.15) is 5.10 Å². The maximum absolute atomic E-state index is 12.1. The van der Waals surface area contributed by atoms with Crippen LogP contribution in [0.4, 0.5) is 0 Å². The lowest BCUT2D eigenvalue weighted by molar-refractivity contribution is 0.0954. The number of hydrazone groups is 1. The smallest absolute Gasteiger partial charge is 0.271 e. The standard InChI is InChI=1S/C16H14Cl2N2O2/c1-9-5-3-4-6-12(9)16(22)20-19-10(2)13-7-11(17)8-14(18)15(13)21/h3-8,21H,1-2H3,(H,20,22). The van der Waals surface area contributed by atoms with Crippen molar-refractivity contribution >= 4 is 34.8 Å². The van der Waals surface area contributed by atoms with E-state index in [9.17, 15) is 9.90 Å². The van der Waals surface area contributed by atoms with E-state index in [4.69, 9.17) is 23.2 Å². The van der Waals surface area contributed by atoms with E-state index >= 15 is 0 Å². The Morgan fingerprint density at radius 1 is 1.18 bits per heavy atom. The molecule has 2 aromatic carbocycles. The quantitative estimate of drug-likeness (QED) is 0.652. The Bertz CT molecular complexity index is 758. The largest absolute Gasteiger partial charge is 0.506 e. The lowest BCUT2D eigenvalue weighted by Crippen LogP contribution is -2.20. The molecule has 0 fully saturated rings. The molecule has 0 unspecified atom stereocenters. The molecule has 0 atom stereocenters. The predicted octanol–water partition coefficient (Wildman–Crippen LogP) is 4.16. The molecule has 114 valence electrons. The first-order chi connectivity index (χ1) is 10.4. The summed E-state index contributed by atoms with van der Waals surface area (Å²) in [5.74, 6) is -0.456. The number of carbonyl (C=O) groups excluding carboxylic acids is 1. The van der Waals surface area contributed by atoms with Gasteiger partial charge in [-0.05, 0) is 37.6 Å². The van der Waals surface area contributed by atoms with Crippen molar-refractivity contribution in [1.82, 2.24) is 5.43 Å². The van der Waals surface area contributed by atoms with Crippen molar-refractivity contribution in [2.45, 2.75) is 13.8 Å². The molecule has 0 bridgehead atoms. The van der Waals surface area contributed by atoms with Crippen LogP contribution < -0.4 is 5.43 Å². The average Bonchev–Trinajstić information content (AvgIpc) is 2.48. The van der Waals surface area contributed by atoms with Gasteiger partial charge in [-0.15, -0.1) is 0 Å². The van der Waals surface area contributed by atoms with E-state index < -0.39 is 0 Å². The van der Waals surface area contributed by atoms with Crippen molar-refractivity contribution < 1.29 is 9.90 Å². The Morgan fingerprint density at radius 3 is 2.55 bits per heavy atom. The van der Waals surface area contributed by atoms with Gasteiger partial charge in [0.05, 0.1) is 10.7 Å². The summed E-state index contributed by atoms with van der Waals surface area (Å²) >= 11 is 11.8. The van der Waals surface area contributed by atoms with Crippen molar-refractivity contribution in [1.29, 1.82) is 0 Å². The van der Waals surface area contributed by atoms with Gasteiger partial charge < -0.3 is 5.11 Å². The number of aromatic hydroxyl groups is 1. The molecule has 0 saturated heterocycles. The SMILES string of the molecule is CC(=NNC(=O)c1ccccc1C)c1cc(Cl)cc(Cl)c1O. The molecule has 0 heterocycles. The minimum Gasteiger partial charge on any atom is -0.506 e. The van der Waals surface area contributed by atoms with Gasteiger partial charge in [0.2, 0.25) is 0 Å². The molecule has 2 rings (SSSR count). The Balaban J connectivity index is 2.24. The fourth-order valence-electron chi connectivity index (χ4n) is 1.92. The van der Waals surface area contributed by atoms with Crippen molar-refractivity contribution in [2.75, 3.05) is 0 Å². The van der Waals surface area contributed by atoms with Gasteiger partial charge in [0.15, 0.2) is 0 Å². The van der Waals surface area contributed by atoms with E-state index in [2.05, 4.69) is 10.5 Å². The van der Waals surface area contributed by atoms with Gasteiger partial charge in [-0.25, -0.2) is 5.43 Å². The van der Waals surface area contributed by atoms with Crippen LogP contribution in [0.5, 0.6) is 5.75 Å². The predicted molar refractivity (Wildman–Crippen MR) is 89.0 cm³/mol. The molecule has 0 saturated carbocycles. The van der Waals surface area contributed by atoms with Crippen LogP contribution >= 0.6 is 23.2 Å². The van der Waals surface area contributed by atoms with Crippen LogP contribution in [-0.4, -0.2) is 16.7 Å². The Morgan fingerprint density at radius 2 is 1.86 bits per heavy atom. The number of nitrogens with one attached hydrogen (secondary N) is 1. The van der Waals surface area contributed by atoms with Crippen LogP contribution in [0, 0.1) is 6.92 Å². The summed E-state index contributed by atoms with van der Waals surface area (Å²) in [6.07, 6.45) is 0. The lowest BCUT2D eigenvalue weighted by Gasteiger charge is -2.08. The van der Waals surface area contributed by atoms with Crippen molar-refractivity contribution in [3.8, 4) is 5.75 Å². The summed E-state index contributed by atoms with van der Waals surface area (Å²) in [5.41, 5.74) is 4.60. The number of aryl methyl sites for hydroxylation is 1. The molecular weight excluding hydrogens is 323 g/mol. The molecule has 0 aliphatic rings. The van der Waals surface area contributed by atoms with Crippen molar-refractivity contribution in [3.63, 3.8) is 0 Å². The van der Waals surface area contributed by atoms with Crippen LogP contribution in [0.2, 0.25) is 10.0 Å². The first kappa shape index (κ1) is 16.3. The summed E-state index contributed by atoms with van der Waals surface area (Å²) in [5, 5.41) is 14.4. The number of nitrogens with zero attached hydrogens (tertiary/aromatic N) is 1. The number of phenolic OH excluding ortho intramolecular Hbond substituents is 1. The average molecular weight is 337 g/mol. The summed E-state index contributed by atoms with van der Waals surface area (Å²) in [4.78, 5) is 12.1. The van der Waals surface area contributed by atoms with Gasteiger partial charge in [0.1, 0.15) is 5.75 Å². The van der Waals surface area contributed by atoms with E-state index in [-0.39, 0.29) is 16.7 Å². The zero-order valence-electron chi connectivity index (χ0n) is 12.0. The van der Waals surface area contributed by atoms with Gasteiger partial charge in [0.25, 0.3) is 5.91 Å². The number of benzene rings is 2. The second kappa shape index (κ2) is 6.81. The fraction of sp³-hybridized carbons (Fsp3) is 0.125. The highest BCUT2D eigenvalue weighted by molar-refractivity contribution is 6.36. The van der Waals surface area contributed by atoms with Crippen molar-refractivity contribution in [3.05, 3.63) is 63.1 Å². The van der Waals surface area contributed by atoms with E-state index in [1.54, 1.807) is 19.1 Å². The molecule has 6 heteroatoms. The molecule has 2 N–H and O–H groups in total. The number of hydrogen-bond acceptors (Lipinski definition) is 3. The summed E-state index contributed by atoms with van der Waals surface area (Å²) < 4.78 is 0. The molecule has 0 aromatic heterocycles. The van der Waals surface area contributed by atoms with E-state index in [0.717, 1.165) is 5.56 Å². The highest BCUT2D eigenvalue weighted by Crippen LogP contribution is 2.31. The Hall–Kier alpha value is -2.04. The maximum Gasteiger partial charge on any atom is 0.271 e. The molecule has 0 aliphatic heterocycles. The number of rotatable bonds is 3. The third kappa shape index (κ3) is 3.59. The zero-order chi connectivity index (χ0) is 16.3. The molecule has 0 radical (unpaired) electrons. The highest BCUT2D eigenvalue weighted by Gasteiger charge is 2.12. The van der Waals surface area contributed by atoms with Gasteiger partial charge in [-0.1, -0.05) is 41.4 Å². The summed E-state index contributed by atoms with van der Waals surface area (Å²) in [6.45, 7) is 3.48.